The first-order chi connectivity index (χ1) is 10.5. The minimum absolute atomic E-state index is 0.0865. The molecule has 0 spiro atoms. The summed E-state index contributed by atoms with van der Waals surface area (Å²) in [6.07, 6.45) is 4.27. The number of hydrogen-bond donors (Lipinski definition) is 1. The number of nitrogens with zero attached hydrogens (tertiary/aromatic N) is 1. The maximum Gasteiger partial charge on any atom is 0.254 e. The fourth-order valence-corrected chi connectivity index (χ4v) is 2.78. The summed E-state index contributed by atoms with van der Waals surface area (Å²) < 4.78 is 32.5. The van der Waals surface area contributed by atoms with Crippen LogP contribution in [-0.2, 0) is 0 Å². The van der Waals surface area contributed by atoms with E-state index in [2.05, 4.69) is 12.8 Å². The number of carbonyl (C=O) groups is 1. The van der Waals surface area contributed by atoms with Gasteiger partial charge in [0.1, 0.15) is 22.9 Å². The topological polar surface area (TPSA) is 55.6 Å². The van der Waals surface area contributed by atoms with Gasteiger partial charge < -0.3 is 15.3 Å². The van der Waals surface area contributed by atoms with Gasteiger partial charge in [0.25, 0.3) is 5.91 Å². The molecule has 0 aliphatic carbocycles. The van der Waals surface area contributed by atoms with Gasteiger partial charge in [-0.1, -0.05) is 0 Å². The molecule has 0 aromatic heterocycles. The zero-order valence-corrected chi connectivity index (χ0v) is 12.8. The molecular formula is C15H21BF2N2O2. The molecule has 120 valence electrons. The molecule has 1 aliphatic rings. The average molecular weight is 310 g/mol. The summed E-state index contributed by atoms with van der Waals surface area (Å²) in [5.41, 5.74) is 4.19. The minimum Gasteiger partial charge on any atom is -0.493 e. The molecule has 0 unspecified atom stereocenters. The molecule has 0 bridgehead atoms. The van der Waals surface area contributed by atoms with Crippen LogP contribution in [0, 0.1) is 17.6 Å². The summed E-state index contributed by atoms with van der Waals surface area (Å²) >= 11 is 0. The number of primary amides is 1. The lowest BCUT2D eigenvalue weighted by Crippen LogP contribution is -2.31. The molecule has 22 heavy (non-hydrogen) atoms. The van der Waals surface area contributed by atoms with Crippen LogP contribution < -0.4 is 10.5 Å². The number of carbonyl (C=O) groups excluding carboxylic acids is 1. The highest BCUT2D eigenvalue weighted by atomic mass is 19.1. The normalized spacial score (nSPS) is 16.6. The summed E-state index contributed by atoms with van der Waals surface area (Å²) in [5, 5.41) is 0. The smallest absolute Gasteiger partial charge is 0.254 e. The summed E-state index contributed by atoms with van der Waals surface area (Å²) in [7, 11) is 2.12. The molecule has 1 saturated heterocycles. The molecule has 1 aromatic carbocycles. The van der Waals surface area contributed by atoms with E-state index >= 15 is 0 Å². The molecule has 0 atom stereocenters. The van der Waals surface area contributed by atoms with Crippen molar-refractivity contribution in [2.45, 2.75) is 25.7 Å². The van der Waals surface area contributed by atoms with Gasteiger partial charge in [-0.05, 0) is 44.7 Å². The molecule has 7 heteroatoms. The predicted octanol–water partition coefficient (Wildman–Crippen LogP) is 1.48. The maximum absolute atomic E-state index is 13.6. The van der Waals surface area contributed by atoms with Crippen LogP contribution in [0.25, 0.3) is 0 Å². The van der Waals surface area contributed by atoms with Crippen molar-refractivity contribution in [3.8, 4) is 5.75 Å². The van der Waals surface area contributed by atoms with E-state index in [9.17, 15) is 13.6 Å². The Morgan fingerprint density at radius 2 is 1.91 bits per heavy atom. The van der Waals surface area contributed by atoms with Crippen LogP contribution in [0.1, 0.15) is 36.0 Å². The van der Waals surface area contributed by atoms with E-state index < -0.39 is 23.1 Å². The zero-order chi connectivity index (χ0) is 16.1. The second-order valence-electron chi connectivity index (χ2n) is 5.86. The van der Waals surface area contributed by atoms with Crippen LogP contribution in [0.2, 0.25) is 0 Å². The SMILES string of the molecule is BN1CCC(CCCOc2cc(F)c(C(N)=O)c(F)c2)CC1. The fraction of sp³-hybridized carbons (Fsp3) is 0.533. The largest absolute Gasteiger partial charge is 0.493 e. The van der Waals surface area contributed by atoms with Gasteiger partial charge in [0, 0.05) is 12.1 Å². The molecule has 1 aliphatic heterocycles. The van der Waals surface area contributed by atoms with Crippen molar-refractivity contribution < 1.29 is 18.3 Å². The number of amides is 1. The highest BCUT2D eigenvalue weighted by Gasteiger charge is 2.17. The quantitative estimate of drug-likeness (QED) is 0.640. The third-order valence-corrected chi connectivity index (χ3v) is 4.13. The molecule has 1 heterocycles. The molecule has 1 amide bonds. The molecule has 2 rings (SSSR count). The summed E-state index contributed by atoms with van der Waals surface area (Å²) in [5.74, 6) is -2.31. The fourth-order valence-electron chi connectivity index (χ4n) is 2.78. The monoisotopic (exact) mass is 310 g/mol. The second-order valence-corrected chi connectivity index (χ2v) is 5.86. The number of halogens is 2. The van der Waals surface area contributed by atoms with Crippen molar-refractivity contribution in [2.24, 2.45) is 11.7 Å². The van der Waals surface area contributed by atoms with Gasteiger partial charge >= 0.3 is 0 Å². The first-order valence-electron chi connectivity index (χ1n) is 7.57. The number of ether oxygens (including phenoxy) is 1. The lowest BCUT2D eigenvalue weighted by molar-refractivity contribution is 0.0992. The van der Waals surface area contributed by atoms with Gasteiger partial charge in [-0.25, -0.2) is 8.78 Å². The van der Waals surface area contributed by atoms with Crippen LogP contribution in [0.4, 0.5) is 8.78 Å². The standard InChI is InChI=1S/C15H21BF2N2O2/c16-20-5-3-10(4-6-20)2-1-7-22-11-8-12(17)14(15(19)21)13(18)9-11/h8-10H,1-7,16H2,(H2,19,21). The average Bonchev–Trinajstić information content (AvgIpc) is 2.44. The van der Waals surface area contributed by atoms with E-state index in [1.807, 2.05) is 0 Å². The number of rotatable bonds is 6. The number of nitrogens with two attached hydrogens (primary N) is 1. The Morgan fingerprint density at radius 1 is 1.32 bits per heavy atom. The van der Waals surface area contributed by atoms with Crippen LogP contribution >= 0.6 is 0 Å². The van der Waals surface area contributed by atoms with E-state index in [-0.39, 0.29) is 5.75 Å². The van der Waals surface area contributed by atoms with Gasteiger partial charge in [0.05, 0.1) is 6.61 Å². The highest BCUT2D eigenvalue weighted by molar-refractivity contribution is 6.04. The third-order valence-electron chi connectivity index (χ3n) is 4.13. The van der Waals surface area contributed by atoms with Gasteiger partial charge in [0.15, 0.2) is 7.98 Å². The third kappa shape index (κ3) is 4.43. The second kappa shape index (κ2) is 7.58. The lowest BCUT2D eigenvalue weighted by Gasteiger charge is -2.29. The molecule has 0 radical (unpaired) electrons. The Balaban J connectivity index is 1.79. The molecule has 1 aromatic rings. The van der Waals surface area contributed by atoms with E-state index in [1.165, 1.54) is 12.8 Å². The van der Waals surface area contributed by atoms with Crippen molar-refractivity contribution in [3.05, 3.63) is 29.3 Å². The maximum atomic E-state index is 13.6. The van der Waals surface area contributed by atoms with E-state index in [0.29, 0.717) is 12.5 Å². The van der Waals surface area contributed by atoms with Crippen molar-refractivity contribution in [2.75, 3.05) is 19.7 Å². The van der Waals surface area contributed by atoms with Crippen LogP contribution in [-0.4, -0.2) is 38.4 Å². The van der Waals surface area contributed by atoms with E-state index in [0.717, 1.165) is 38.1 Å². The number of benzene rings is 1. The molecule has 0 saturated carbocycles. The number of hydrogen-bond acceptors (Lipinski definition) is 3. The van der Waals surface area contributed by atoms with Crippen LogP contribution in [0.5, 0.6) is 5.75 Å². The Bertz CT molecular complexity index is 511. The van der Waals surface area contributed by atoms with Crippen LogP contribution in [0.3, 0.4) is 0 Å². The Morgan fingerprint density at radius 3 is 2.45 bits per heavy atom. The molecular weight excluding hydrogens is 289 g/mol. The highest BCUT2D eigenvalue weighted by Crippen LogP contribution is 2.23. The van der Waals surface area contributed by atoms with Gasteiger partial charge in [0.2, 0.25) is 0 Å². The molecule has 2 N–H and O–H groups in total. The van der Waals surface area contributed by atoms with Gasteiger partial charge in [-0.2, -0.15) is 0 Å². The summed E-state index contributed by atoms with van der Waals surface area (Å²) in [4.78, 5) is 13.2. The molecule has 1 fully saturated rings. The van der Waals surface area contributed by atoms with E-state index in [1.54, 1.807) is 0 Å². The van der Waals surface area contributed by atoms with Gasteiger partial charge in [-0.3, -0.25) is 4.79 Å². The number of piperidine rings is 1. The first kappa shape index (κ1) is 16.7. The Kier molecular flexibility index (Phi) is 5.77. The Labute approximate surface area is 130 Å². The first-order valence-corrected chi connectivity index (χ1v) is 7.57. The summed E-state index contributed by atoms with van der Waals surface area (Å²) in [6, 6.07) is 2.00. The van der Waals surface area contributed by atoms with Crippen molar-refractivity contribution in [1.82, 2.24) is 4.81 Å². The minimum atomic E-state index is -1.12. The van der Waals surface area contributed by atoms with Gasteiger partial charge in [-0.15, -0.1) is 0 Å². The van der Waals surface area contributed by atoms with Crippen molar-refractivity contribution in [3.63, 3.8) is 0 Å². The summed E-state index contributed by atoms with van der Waals surface area (Å²) in [6.45, 7) is 2.65. The molecule has 4 nitrogen and oxygen atoms in total. The lowest BCUT2D eigenvalue weighted by atomic mass is 9.91. The van der Waals surface area contributed by atoms with Crippen molar-refractivity contribution >= 4 is 13.9 Å². The Hall–Kier alpha value is -1.63. The van der Waals surface area contributed by atoms with E-state index in [4.69, 9.17) is 10.5 Å². The van der Waals surface area contributed by atoms with Crippen LogP contribution in [0.15, 0.2) is 12.1 Å². The predicted molar refractivity (Wildman–Crippen MR) is 82.4 cm³/mol. The van der Waals surface area contributed by atoms with Crippen molar-refractivity contribution in [1.29, 1.82) is 0 Å². The zero-order valence-electron chi connectivity index (χ0n) is 12.8.